The van der Waals surface area contributed by atoms with Crippen molar-refractivity contribution in [2.45, 2.75) is 12.8 Å². The summed E-state index contributed by atoms with van der Waals surface area (Å²) in [5.41, 5.74) is 4.27. The summed E-state index contributed by atoms with van der Waals surface area (Å²) in [4.78, 5) is 15.7. The van der Waals surface area contributed by atoms with Crippen LogP contribution in [0.5, 0.6) is 0 Å². The Labute approximate surface area is 183 Å². The molecule has 0 saturated heterocycles. The minimum Gasteiger partial charge on any atom is -0.360 e. The number of halogens is 3. The Morgan fingerprint density at radius 2 is 1.77 bits per heavy atom. The Balaban J connectivity index is 1.40. The van der Waals surface area contributed by atoms with E-state index in [4.69, 9.17) is 23.2 Å². The van der Waals surface area contributed by atoms with E-state index in [1.807, 2.05) is 36.5 Å². The van der Waals surface area contributed by atoms with E-state index in [2.05, 4.69) is 10.3 Å². The molecule has 1 heterocycles. The van der Waals surface area contributed by atoms with E-state index in [0.29, 0.717) is 35.0 Å². The average molecular weight is 441 g/mol. The lowest BCUT2D eigenvalue weighted by atomic mass is 10.0. The maximum absolute atomic E-state index is 13.4. The molecule has 2 N–H and O–H groups in total. The van der Waals surface area contributed by atoms with E-state index in [9.17, 15) is 9.18 Å². The maximum atomic E-state index is 13.4. The van der Waals surface area contributed by atoms with Crippen molar-refractivity contribution in [3.05, 3.63) is 105 Å². The van der Waals surface area contributed by atoms with Crippen molar-refractivity contribution in [1.82, 2.24) is 10.3 Å². The normalized spacial score (nSPS) is 11.0. The third-order valence-corrected chi connectivity index (χ3v) is 5.47. The average Bonchev–Trinajstić information content (AvgIpc) is 3.11. The van der Waals surface area contributed by atoms with E-state index in [0.717, 1.165) is 27.6 Å². The Morgan fingerprint density at radius 1 is 1.00 bits per heavy atom. The molecule has 0 spiro atoms. The van der Waals surface area contributed by atoms with Crippen molar-refractivity contribution in [3.8, 4) is 0 Å². The molecule has 152 valence electrons. The van der Waals surface area contributed by atoms with Crippen LogP contribution in [-0.4, -0.2) is 17.4 Å². The number of hydrogen-bond donors (Lipinski definition) is 2. The molecule has 30 heavy (non-hydrogen) atoms. The lowest BCUT2D eigenvalue weighted by Gasteiger charge is -2.08. The van der Waals surface area contributed by atoms with Crippen LogP contribution in [0.4, 0.5) is 4.39 Å². The second-order valence-electron chi connectivity index (χ2n) is 7.14. The molecular formula is C24H19Cl2FN2O. The molecule has 3 aromatic carbocycles. The SMILES string of the molecule is O=C(NCCc1c[nH]c2c(Cl)cc(Cl)cc12)c1cccc(Cc2cccc(F)c2)c1. The first-order valence-corrected chi connectivity index (χ1v) is 10.3. The van der Waals surface area contributed by atoms with Crippen molar-refractivity contribution in [3.63, 3.8) is 0 Å². The molecule has 0 aliphatic rings. The van der Waals surface area contributed by atoms with Crippen molar-refractivity contribution in [1.29, 1.82) is 0 Å². The highest BCUT2D eigenvalue weighted by atomic mass is 35.5. The quantitative estimate of drug-likeness (QED) is 0.369. The molecular weight excluding hydrogens is 422 g/mol. The van der Waals surface area contributed by atoms with Crippen molar-refractivity contribution < 1.29 is 9.18 Å². The van der Waals surface area contributed by atoms with Crippen LogP contribution in [0.25, 0.3) is 10.9 Å². The zero-order chi connectivity index (χ0) is 21.1. The van der Waals surface area contributed by atoms with Gasteiger partial charge in [0.2, 0.25) is 0 Å². The molecule has 0 fully saturated rings. The van der Waals surface area contributed by atoms with Gasteiger partial charge in [0.15, 0.2) is 0 Å². The number of benzene rings is 3. The number of fused-ring (bicyclic) bond motifs is 1. The maximum Gasteiger partial charge on any atom is 0.251 e. The van der Waals surface area contributed by atoms with E-state index in [-0.39, 0.29) is 11.7 Å². The molecule has 0 unspecified atom stereocenters. The zero-order valence-corrected chi connectivity index (χ0v) is 17.5. The molecule has 3 nitrogen and oxygen atoms in total. The molecule has 1 amide bonds. The molecule has 0 saturated carbocycles. The van der Waals surface area contributed by atoms with Crippen LogP contribution in [0.3, 0.4) is 0 Å². The van der Waals surface area contributed by atoms with Gasteiger partial charge in [0.1, 0.15) is 5.82 Å². The Hall–Kier alpha value is -2.82. The van der Waals surface area contributed by atoms with Gasteiger partial charge in [-0.05, 0) is 65.9 Å². The second kappa shape index (κ2) is 8.90. The Kier molecular flexibility index (Phi) is 6.07. The van der Waals surface area contributed by atoms with Gasteiger partial charge in [0.25, 0.3) is 5.91 Å². The van der Waals surface area contributed by atoms with Crippen molar-refractivity contribution in [2.24, 2.45) is 0 Å². The van der Waals surface area contributed by atoms with Gasteiger partial charge in [-0.15, -0.1) is 0 Å². The molecule has 0 atom stereocenters. The second-order valence-corrected chi connectivity index (χ2v) is 7.98. The predicted octanol–water partition coefficient (Wildman–Crippen LogP) is 6.18. The predicted molar refractivity (Wildman–Crippen MR) is 120 cm³/mol. The Bertz CT molecular complexity index is 1220. The van der Waals surface area contributed by atoms with Crippen LogP contribution in [0.1, 0.15) is 27.0 Å². The summed E-state index contributed by atoms with van der Waals surface area (Å²) < 4.78 is 13.4. The number of H-pyrrole nitrogens is 1. The summed E-state index contributed by atoms with van der Waals surface area (Å²) in [6.45, 7) is 0.476. The first kappa shape index (κ1) is 20.5. The van der Waals surface area contributed by atoms with Crippen LogP contribution in [0.2, 0.25) is 10.0 Å². The highest BCUT2D eigenvalue weighted by Gasteiger charge is 2.10. The Morgan fingerprint density at radius 3 is 2.57 bits per heavy atom. The highest BCUT2D eigenvalue weighted by molar-refractivity contribution is 6.38. The topological polar surface area (TPSA) is 44.9 Å². The number of amides is 1. The van der Waals surface area contributed by atoms with Crippen LogP contribution >= 0.6 is 23.2 Å². The summed E-state index contributed by atoms with van der Waals surface area (Å²) in [5.74, 6) is -0.409. The third-order valence-electron chi connectivity index (χ3n) is 4.96. The van der Waals surface area contributed by atoms with E-state index in [1.54, 1.807) is 18.2 Å². The van der Waals surface area contributed by atoms with Crippen molar-refractivity contribution >= 4 is 40.0 Å². The fourth-order valence-corrected chi connectivity index (χ4v) is 4.08. The lowest BCUT2D eigenvalue weighted by Crippen LogP contribution is -2.25. The van der Waals surface area contributed by atoms with Crippen molar-refractivity contribution in [2.75, 3.05) is 6.54 Å². The minimum atomic E-state index is -0.263. The first-order valence-electron chi connectivity index (χ1n) is 9.56. The van der Waals surface area contributed by atoms with E-state index in [1.165, 1.54) is 12.1 Å². The molecule has 1 aromatic heterocycles. The molecule has 0 aliphatic heterocycles. The van der Waals surface area contributed by atoms with Crippen LogP contribution in [-0.2, 0) is 12.8 Å². The highest BCUT2D eigenvalue weighted by Crippen LogP contribution is 2.29. The lowest BCUT2D eigenvalue weighted by molar-refractivity contribution is 0.0954. The number of aromatic nitrogens is 1. The number of aromatic amines is 1. The molecule has 0 radical (unpaired) electrons. The van der Waals surface area contributed by atoms with Gasteiger partial charge in [0, 0.05) is 28.7 Å². The number of carbonyl (C=O) groups is 1. The summed E-state index contributed by atoms with van der Waals surface area (Å²) in [6.07, 6.45) is 3.10. The fourth-order valence-electron chi connectivity index (χ4n) is 3.54. The van der Waals surface area contributed by atoms with Gasteiger partial charge in [-0.1, -0.05) is 47.5 Å². The molecule has 0 bridgehead atoms. The fraction of sp³-hybridized carbons (Fsp3) is 0.125. The molecule has 6 heteroatoms. The van der Waals surface area contributed by atoms with Gasteiger partial charge < -0.3 is 10.3 Å². The van der Waals surface area contributed by atoms with Gasteiger partial charge in [-0.2, -0.15) is 0 Å². The van der Waals surface area contributed by atoms with E-state index >= 15 is 0 Å². The van der Waals surface area contributed by atoms with E-state index < -0.39 is 0 Å². The monoisotopic (exact) mass is 440 g/mol. The van der Waals surface area contributed by atoms with Gasteiger partial charge in [-0.3, -0.25) is 4.79 Å². The minimum absolute atomic E-state index is 0.146. The first-order chi connectivity index (χ1) is 14.5. The third kappa shape index (κ3) is 4.66. The summed E-state index contributed by atoms with van der Waals surface area (Å²) >= 11 is 12.3. The number of rotatable bonds is 6. The number of carbonyl (C=O) groups excluding carboxylic acids is 1. The molecule has 0 aliphatic carbocycles. The summed E-state index contributed by atoms with van der Waals surface area (Å²) in [5, 5.41) is 5.06. The van der Waals surface area contributed by atoms with Gasteiger partial charge in [0.05, 0.1) is 10.5 Å². The van der Waals surface area contributed by atoms with Crippen LogP contribution in [0.15, 0.2) is 66.9 Å². The number of nitrogens with one attached hydrogen (secondary N) is 2. The zero-order valence-electron chi connectivity index (χ0n) is 16.0. The van der Waals surface area contributed by atoms with Crippen LogP contribution < -0.4 is 5.32 Å². The molecule has 4 rings (SSSR count). The standard InChI is InChI=1S/C24H19Cl2FN2O/c25-19-12-21-18(14-29-23(21)22(26)13-19)7-8-28-24(30)17-5-1-3-15(10-17)9-16-4-2-6-20(27)11-16/h1-6,10-14,29H,7-9H2,(H,28,30). The number of hydrogen-bond acceptors (Lipinski definition) is 1. The van der Waals surface area contributed by atoms with Gasteiger partial charge >= 0.3 is 0 Å². The van der Waals surface area contributed by atoms with Crippen LogP contribution in [0, 0.1) is 5.82 Å². The summed E-state index contributed by atoms with van der Waals surface area (Å²) in [7, 11) is 0. The smallest absolute Gasteiger partial charge is 0.251 e. The summed E-state index contributed by atoms with van der Waals surface area (Å²) in [6, 6.07) is 17.4. The largest absolute Gasteiger partial charge is 0.360 e. The molecule has 4 aromatic rings. The van der Waals surface area contributed by atoms with Gasteiger partial charge in [-0.25, -0.2) is 4.39 Å².